The first-order valence-corrected chi connectivity index (χ1v) is 19.6. The second kappa shape index (κ2) is 11.1. The number of benzene rings is 8. The molecule has 12 aromatic rings. The van der Waals surface area contributed by atoms with E-state index in [1.54, 1.807) is 0 Å². The van der Waals surface area contributed by atoms with Crippen LogP contribution >= 0.6 is 22.7 Å². The van der Waals surface area contributed by atoms with Gasteiger partial charge in [-0.3, -0.25) is 4.98 Å². The molecule has 0 saturated heterocycles. The number of nitrogens with zero attached hydrogens (tertiary/aromatic N) is 2. The van der Waals surface area contributed by atoms with E-state index in [0.29, 0.717) is 0 Å². The Hall–Kier alpha value is -6.33. The van der Waals surface area contributed by atoms with E-state index < -0.39 is 0 Å². The van der Waals surface area contributed by atoms with Crippen molar-refractivity contribution in [2.45, 2.75) is 0 Å². The molecular weight excluding hydrogens is 681 g/mol. The summed E-state index contributed by atoms with van der Waals surface area (Å²) in [6.07, 6.45) is 1.91. The van der Waals surface area contributed by atoms with Crippen molar-refractivity contribution < 1.29 is 0 Å². The van der Waals surface area contributed by atoms with Crippen molar-refractivity contribution in [3.05, 3.63) is 170 Å². The minimum absolute atomic E-state index is 1.02. The Morgan fingerprint density at radius 1 is 0.377 bits per heavy atom. The van der Waals surface area contributed by atoms with Crippen molar-refractivity contribution in [1.82, 2.24) is 9.55 Å². The molecular formula is C49H28N2S2. The van der Waals surface area contributed by atoms with Crippen LogP contribution in [0.1, 0.15) is 0 Å². The van der Waals surface area contributed by atoms with Gasteiger partial charge in [0.15, 0.2) is 0 Å². The van der Waals surface area contributed by atoms with Crippen LogP contribution in [0.25, 0.3) is 112 Å². The summed E-state index contributed by atoms with van der Waals surface area (Å²) in [6, 6.07) is 60.7. The second-order valence-electron chi connectivity index (χ2n) is 13.9. The normalized spacial score (nSPS) is 12.2. The van der Waals surface area contributed by atoms with Gasteiger partial charge in [-0.2, -0.15) is 0 Å². The summed E-state index contributed by atoms with van der Waals surface area (Å²) in [5, 5.41) is 11.3. The molecule has 0 N–H and O–H groups in total. The Morgan fingerprint density at radius 2 is 0.887 bits per heavy atom. The number of thiophene rings is 2. The highest BCUT2D eigenvalue weighted by atomic mass is 32.1. The van der Waals surface area contributed by atoms with Crippen molar-refractivity contribution in [1.29, 1.82) is 0 Å². The maximum atomic E-state index is 4.92. The van der Waals surface area contributed by atoms with Crippen LogP contribution in [0.5, 0.6) is 0 Å². The monoisotopic (exact) mass is 708 g/mol. The van der Waals surface area contributed by atoms with Gasteiger partial charge in [0.1, 0.15) is 0 Å². The van der Waals surface area contributed by atoms with Gasteiger partial charge in [0.2, 0.25) is 0 Å². The van der Waals surface area contributed by atoms with E-state index in [4.69, 9.17) is 4.98 Å². The van der Waals surface area contributed by atoms with Crippen molar-refractivity contribution in [2.75, 3.05) is 0 Å². The van der Waals surface area contributed by atoms with Crippen molar-refractivity contribution >= 4 is 106 Å². The highest BCUT2D eigenvalue weighted by Gasteiger charge is 2.18. The number of rotatable bonds is 3. The molecule has 0 amide bonds. The first kappa shape index (κ1) is 29.3. The van der Waals surface area contributed by atoms with E-state index in [0.717, 1.165) is 16.6 Å². The van der Waals surface area contributed by atoms with Crippen LogP contribution in [-0.4, -0.2) is 9.55 Å². The van der Waals surface area contributed by atoms with E-state index >= 15 is 0 Å². The van der Waals surface area contributed by atoms with Gasteiger partial charge in [-0.1, -0.05) is 91.0 Å². The molecule has 8 aromatic carbocycles. The van der Waals surface area contributed by atoms with Crippen LogP contribution in [-0.2, 0) is 0 Å². The molecule has 0 aliphatic heterocycles. The van der Waals surface area contributed by atoms with Crippen LogP contribution in [0.2, 0.25) is 0 Å². The van der Waals surface area contributed by atoms with E-state index in [1.165, 1.54) is 95.2 Å². The second-order valence-corrected chi connectivity index (χ2v) is 16.1. The average molecular weight is 709 g/mol. The third kappa shape index (κ3) is 4.34. The molecule has 0 radical (unpaired) electrons. The van der Waals surface area contributed by atoms with E-state index in [9.17, 15) is 0 Å². The van der Waals surface area contributed by atoms with Crippen LogP contribution in [0.3, 0.4) is 0 Å². The number of aromatic nitrogens is 2. The number of hydrogen-bond donors (Lipinski definition) is 0. The Kier molecular flexibility index (Phi) is 6.12. The first-order chi connectivity index (χ1) is 26.2. The Morgan fingerprint density at radius 3 is 1.51 bits per heavy atom. The molecule has 246 valence electrons. The fraction of sp³-hybridized carbons (Fsp3) is 0. The lowest BCUT2D eigenvalue weighted by molar-refractivity contribution is 1.20. The average Bonchev–Trinajstić information content (AvgIpc) is 3.89. The largest absolute Gasteiger partial charge is 0.309 e. The zero-order valence-electron chi connectivity index (χ0n) is 28.4. The highest BCUT2D eigenvalue weighted by Crippen LogP contribution is 2.42. The summed E-state index contributed by atoms with van der Waals surface area (Å²) in [5.74, 6) is 0. The Balaban J connectivity index is 1.13. The van der Waals surface area contributed by atoms with Crippen molar-refractivity contribution in [3.63, 3.8) is 0 Å². The summed E-state index contributed by atoms with van der Waals surface area (Å²) in [5.41, 5.74) is 9.43. The quantitative estimate of drug-likeness (QED) is 0.167. The molecule has 4 heteroatoms. The van der Waals surface area contributed by atoms with Gasteiger partial charge in [-0.25, -0.2) is 0 Å². The minimum atomic E-state index is 1.02. The summed E-state index contributed by atoms with van der Waals surface area (Å²) >= 11 is 3.73. The minimum Gasteiger partial charge on any atom is -0.309 e. The molecule has 0 atom stereocenters. The van der Waals surface area contributed by atoms with E-state index in [1.807, 2.05) is 34.9 Å². The van der Waals surface area contributed by atoms with Gasteiger partial charge in [-0.15, -0.1) is 22.7 Å². The van der Waals surface area contributed by atoms with Gasteiger partial charge in [-0.05, 0) is 100 Å². The lowest BCUT2D eigenvalue weighted by Crippen LogP contribution is -1.96. The van der Waals surface area contributed by atoms with Gasteiger partial charge in [0, 0.05) is 68.1 Å². The van der Waals surface area contributed by atoms with Gasteiger partial charge in [0.25, 0.3) is 0 Å². The summed E-state index contributed by atoms with van der Waals surface area (Å²) in [7, 11) is 0. The molecule has 53 heavy (non-hydrogen) atoms. The lowest BCUT2D eigenvalue weighted by Gasteiger charge is -2.13. The number of hydrogen-bond acceptors (Lipinski definition) is 3. The van der Waals surface area contributed by atoms with Gasteiger partial charge < -0.3 is 4.57 Å². The summed E-state index contributed by atoms with van der Waals surface area (Å²) < 4.78 is 7.77. The molecule has 0 aliphatic carbocycles. The molecule has 0 fully saturated rings. The predicted molar refractivity (Wildman–Crippen MR) is 230 cm³/mol. The molecule has 2 nitrogen and oxygen atoms in total. The van der Waals surface area contributed by atoms with Gasteiger partial charge in [0.05, 0.1) is 22.2 Å². The summed E-state index contributed by atoms with van der Waals surface area (Å²) in [4.78, 5) is 4.92. The molecule has 0 bridgehead atoms. The summed E-state index contributed by atoms with van der Waals surface area (Å²) in [6.45, 7) is 0. The standard InChI is InChI=1S/C49H28N2S2/c1-3-12-44-35(9-1)39-27-33(18-22-46(39)52-44)31-16-20-41-37(25-31)38-26-32(34-19-23-47-40(28-34)36-10-2-4-13-45(36)53-47)17-21-42(38)51(41)43-11-5-7-29-14-15-30-8-6-24-50-49(30)48(29)43/h1-28H. The fourth-order valence-electron chi connectivity index (χ4n) is 8.53. The van der Waals surface area contributed by atoms with Crippen molar-refractivity contribution in [2.24, 2.45) is 0 Å². The Bertz CT molecular complexity index is 3300. The smallest absolute Gasteiger partial charge is 0.0801 e. The maximum Gasteiger partial charge on any atom is 0.0801 e. The van der Waals surface area contributed by atoms with Crippen LogP contribution in [0.4, 0.5) is 0 Å². The molecule has 0 spiro atoms. The molecule has 0 aliphatic rings. The van der Waals surface area contributed by atoms with Crippen molar-refractivity contribution in [3.8, 4) is 27.9 Å². The third-order valence-corrected chi connectivity index (χ3v) is 13.3. The molecule has 0 saturated carbocycles. The topological polar surface area (TPSA) is 17.8 Å². The van der Waals surface area contributed by atoms with Crippen LogP contribution in [0.15, 0.2) is 170 Å². The fourth-order valence-corrected chi connectivity index (χ4v) is 10.7. The third-order valence-electron chi connectivity index (χ3n) is 11.0. The number of pyridine rings is 1. The Labute approximate surface area is 312 Å². The number of fused-ring (bicyclic) bond motifs is 12. The first-order valence-electron chi connectivity index (χ1n) is 17.9. The maximum absolute atomic E-state index is 4.92. The van der Waals surface area contributed by atoms with Crippen LogP contribution in [0, 0.1) is 0 Å². The zero-order chi connectivity index (χ0) is 34.6. The zero-order valence-corrected chi connectivity index (χ0v) is 30.0. The molecule has 4 heterocycles. The molecule has 4 aromatic heterocycles. The molecule has 0 unspecified atom stereocenters. The lowest BCUT2D eigenvalue weighted by atomic mass is 9.98. The SMILES string of the molecule is c1cnc2c(c1)ccc1cccc(-n3c4ccc(-c5ccc6sc7ccccc7c6c5)cc4c4cc(-c5ccc6sc7ccccc7c6c5)ccc43)c12. The predicted octanol–water partition coefficient (Wildman–Crippen LogP) is 14.6. The van der Waals surface area contributed by atoms with E-state index in [2.05, 4.69) is 162 Å². The van der Waals surface area contributed by atoms with E-state index in [-0.39, 0.29) is 0 Å². The van der Waals surface area contributed by atoms with Crippen LogP contribution < -0.4 is 0 Å². The highest BCUT2D eigenvalue weighted by molar-refractivity contribution is 7.26. The van der Waals surface area contributed by atoms with Gasteiger partial charge >= 0.3 is 0 Å². The molecule has 12 rings (SSSR count).